The first kappa shape index (κ1) is 23.7. The molecule has 3 rings (SSSR count). The molecule has 1 fully saturated rings. The number of anilines is 1. The summed E-state index contributed by atoms with van der Waals surface area (Å²) in [5, 5.41) is 2.03. The molecule has 1 saturated heterocycles. The van der Waals surface area contributed by atoms with Crippen LogP contribution in [0.4, 0.5) is 24.5 Å². The highest BCUT2D eigenvalue weighted by Crippen LogP contribution is 2.37. The van der Waals surface area contributed by atoms with Crippen molar-refractivity contribution in [3.8, 4) is 0 Å². The third kappa shape index (κ3) is 5.85. The van der Waals surface area contributed by atoms with Gasteiger partial charge in [-0.25, -0.2) is 4.99 Å². The first-order chi connectivity index (χ1) is 14.4. The summed E-state index contributed by atoms with van der Waals surface area (Å²) >= 11 is 18.4. The predicted molar refractivity (Wildman–Crippen MR) is 117 cm³/mol. The average molecular weight is 511 g/mol. The molecule has 5 nitrogen and oxygen atoms in total. The maximum absolute atomic E-state index is 13.1. The van der Waals surface area contributed by atoms with E-state index in [1.807, 2.05) is 0 Å². The number of alkyl halides is 3. The summed E-state index contributed by atoms with van der Waals surface area (Å²) in [4.78, 5) is 30.3. The van der Waals surface area contributed by atoms with Crippen LogP contribution in [-0.2, 0) is 15.8 Å². The minimum absolute atomic E-state index is 0.0541. The van der Waals surface area contributed by atoms with Gasteiger partial charge in [-0.2, -0.15) is 13.2 Å². The Bertz CT molecular complexity index is 1060. The molecule has 12 heteroatoms. The number of benzene rings is 2. The van der Waals surface area contributed by atoms with Crippen molar-refractivity contribution < 1.29 is 22.8 Å². The molecule has 1 aliphatic rings. The molecule has 0 bridgehead atoms. The second-order valence-corrected chi connectivity index (χ2v) is 8.92. The molecule has 1 N–H and O–H groups in total. The van der Waals surface area contributed by atoms with Gasteiger partial charge in [0.2, 0.25) is 11.8 Å². The number of halogens is 6. The van der Waals surface area contributed by atoms with E-state index in [-0.39, 0.29) is 17.3 Å². The largest absolute Gasteiger partial charge is 0.417 e. The molecule has 2 aromatic carbocycles. The molecule has 1 aliphatic heterocycles. The van der Waals surface area contributed by atoms with Crippen LogP contribution in [0.2, 0.25) is 15.1 Å². The number of aliphatic imine (C=N–C) groups is 1. The minimum Gasteiger partial charge on any atom is -0.325 e. The van der Waals surface area contributed by atoms with Crippen LogP contribution in [0.5, 0.6) is 0 Å². The van der Waals surface area contributed by atoms with Crippen LogP contribution in [0.25, 0.3) is 0 Å². The standard InChI is InChI=1S/C19H13Cl3F3N3O2S/c1-28-16(29)8-15(17(30)26-12-5-9(20)4-10(21)6-12)31-18(28)27-11-2-3-14(22)13(7-11)19(23,24)25/h2-7,15H,8H2,1H3,(H,26,30)/t15-/m1/s1. The number of thioether (sulfide) groups is 1. The molecule has 0 spiro atoms. The fraction of sp³-hybridized carbons (Fsp3) is 0.211. The number of amides is 2. The quantitative estimate of drug-likeness (QED) is 0.530. The number of hydrogen-bond donors (Lipinski definition) is 1. The van der Waals surface area contributed by atoms with Crippen LogP contribution >= 0.6 is 46.6 Å². The topological polar surface area (TPSA) is 61.8 Å². The number of carbonyl (C=O) groups excluding carboxylic acids is 2. The SMILES string of the molecule is CN1C(=O)C[C@H](C(=O)Nc2cc(Cl)cc(Cl)c2)SC1=Nc1ccc(Cl)c(C(F)(F)F)c1. The van der Waals surface area contributed by atoms with E-state index in [1.165, 1.54) is 36.2 Å². The lowest BCUT2D eigenvalue weighted by molar-refractivity contribution is -0.137. The van der Waals surface area contributed by atoms with Crippen LogP contribution in [0.3, 0.4) is 0 Å². The molecule has 1 heterocycles. The zero-order valence-electron chi connectivity index (χ0n) is 15.6. The van der Waals surface area contributed by atoms with Gasteiger partial charge in [0, 0.05) is 29.2 Å². The van der Waals surface area contributed by atoms with E-state index in [2.05, 4.69) is 10.3 Å². The van der Waals surface area contributed by atoms with Crippen LogP contribution in [0, 0.1) is 0 Å². The lowest BCUT2D eigenvalue weighted by atomic mass is 10.2. The zero-order valence-corrected chi connectivity index (χ0v) is 18.7. The Kier molecular flexibility index (Phi) is 7.10. The molecule has 2 aromatic rings. The Morgan fingerprint density at radius 3 is 2.42 bits per heavy atom. The van der Waals surface area contributed by atoms with Gasteiger partial charge in [-0.3, -0.25) is 14.5 Å². The van der Waals surface area contributed by atoms with E-state index in [0.717, 1.165) is 23.9 Å². The molecule has 31 heavy (non-hydrogen) atoms. The van der Waals surface area contributed by atoms with Gasteiger partial charge in [0.15, 0.2) is 5.17 Å². The highest BCUT2D eigenvalue weighted by Gasteiger charge is 2.35. The first-order valence-electron chi connectivity index (χ1n) is 8.59. The van der Waals surface area contributed by atoms with Crippen LogP contribution < -0.4 is 5.32 Å². The molecule has 0 unspecified atom stereocenters. The maximum Gasteiger partial charge on any atom is 0.417 e. The lowest BCUT2D eigenvalue weighted by Crippen LogP contribution is -2.43. The molecule has 0 radical (unpaired) electrons. The van der Waals surface area contributed by atoms with E-state index < -0.39 is 33.8 Å². The van der Waals surface area contributed by atoms with Gasteiger partial charge in [0.05, 0.1) is 16.3 Å². The molecular formula is C19H13Cl3F3N3O2S. The van der Waals surface area contributed by atoms with Gasteiger partial charge in [-0.15, -0.1) is 0 Å². The van der Waals surface area contributed by atoms with Crippen LogP contribution in [-0.4, -0.2) is 34.2 Å². The van der Waals surface area contributed by atoms with E-state index in [1.54, 1.807) is 0 Å². The molecule has 1 atom stereocenters. The van der Waals surface area contributed by atoms with Gasteiger partial charge >= 0.3 is 6.18 Å². The summed E-state index contributed by atoms with van der Waals surface area (Å²) in [6.07, 6.45) is -4.77. The van der Waals surface area contributed by atoms with Gasteiger partial charge < -0.3 is 5.32 Å². The highest BCUT2D eigenvalue weighted by atomic mass is 35.5. The van der Waals surface area contributed by atoms with Crippen molar-refractivity contribution in [3.63, 3.8) is 0 Å². The van der Waals surface area contributed by atoms with E-state index in [9.17, 15) is 22.8 Å². The normalized spacial score (nSPS) is 18.4. The highest BCUT2D eigenvalue weighted by molar-refractivity contribution is 8.15. The minimum atomic E-state index is -4.66. The number of carbonyl (C=O) groups is 2. The Balaban J connectivity index is 1.85. The lowest BCUT2D eigenvalue weighted by Gasteiger charge is -2.29. The number of rotatable bonds is 3. The van der Waals surface area contributed by atoms with Crippen molar-refractivity contribution in [1.82, 2.24) is 4.90 Å². The van der Waals surface area contributed by atoms with Crippen molar-refractivity contribution in [1.29, 1.82) is 0 Å². The van der Waals surface area contributed by atoms with E-state index >= 15 is 0 Å². The number of amidine groups is 1. The molecular weight excluding hydrogens is 498 g/mol. The van der Waals surface area contributed by atoms with Crippen molar-refractivity contribution in [3.05, 3.63) is 57.0 Å². The maximum atomic E-state index is 13.1. The molecule has 2 amide bonds. The fourth-order valence-corrected chi connectivity index (χ4v) is 4.47. The summed E-state index contributed by atoms with van der Waals surface area (Å²) in [5.74, 6) is -0.906. The van der Waals surface area contributed by atoms with E-state index in [0.29, 0.717) is 15.7 Å². The predicted octanol–water partition coefficient (Wildman–Crippen LogP) is 6.26. The summed E-state index contributed by atoms with van der Waals surface area (Å²) < 4.78 is 39.3. The third-order valence-electron chi connectivity index (χ3n) is 4.17. The molecule has 164 valence electrons. The van der Waals surface area contributed by atoms with Crippen molar-refractivity contribution >= 4 is 74.9 Å². The van der Waals surface area contributed by atoms with Crippen LogP contribution in [0.1, 0.15) is 12.0 Å². The second-order valence-electron chi connectivity index (χ2n) is 6.47. The number of nitrogens with zero attached hydrogens (tertiary/aromatic N) is 2. The molecule has 0 aromatic heterocycles. The zero-order chi connectivity index (χ0) is 22.9. The summed E-state index contributed by atoms with van der Waals surface area (Å²) in [7, 11) is 1.43. The van der Waals surface area contributed by atoms with Gasteiger partial charge in [-0.05, 0) is 36.4 Å². The fourth-order valence-electron chi connectivity index (χ4n) is 2.66. The summed E-state index contributed by atoms with van der Waals surface area (Å²) in [6.45, 7) is 0. The number of hydrogen-bond acceptors (Lipinski definition) is 4. The summed E-state index contributed by atoms with van der Waals surface area (Å²) in [6, 6.07) is 7.64. The molecule has 0 aliphatic carbocycles. The average Bonchev–Trinajstić information content (AvgIpc) is 2.65. The Hall–Kier alpha value is -1.94. The number of nitrogens with one attached hydrogen (secondary N) is 1. The Morgan fingerprint density at radius 2 is 1.81 bits per heavy atom. The Morgan fingerprint density at radius 1 is 1.16 bits per heavy atom. The summed E-state index contributed by atoms with van der Waals surface area (Å²) in [5.41, 5.74) is -0.750. The van der Waals surface area contributed by atoms with Crippen molar-refractivity contribution in [2.75, 3.05) is 12.4 Å². The van der Waals surface area contributed by atoms with Crippen molar-refractivity contribution in [2.24, 2.45) is 4.99 Å². The third-order valence-corrected chi connectivity index (χ3v) is 6.18. The molecule has 0 saturated carbocycles. The van der Waals surface area contributed by atoms with E-state index in [4.69, 9.17) is 34.8 Å². The van der Waals surface area contributed by atoms with Crippen LogP contribution in [0.15, 0.2) is 41.4 Å². The first-order valence-corrected chi connectivity index (χ1v) is 10.6. The smallest absolute Gasteiger partial charge is 0.325 e. The van der Waals surface area contributed by atoms with Crippen molar-refractivity contribution in [2.45, 2.75) is 17.8 Å². The van der Waals surface area contributed by atoms with Gasteiger partial charge in [0.1, 0.15) is 5.25 Å². The second kappa shape index (κ2) is 9.28. The monoisotopic (exact) mass is 509 g/mol. The van der Waals surface area contributed by atoms with Gasteiger partial charge in [0.25, 0.3) is 0 Å². The Labute approximate surface area is 194 Å². The van der Waals surface area contributed by atoms with Gasteiger partial charge in [-0.1, -0.05) is 46.6 Å².